The van der Waals surface area contributed by atoms with Crippen LogP contribution in [0.1, 0.15) is 23.6 Å². The molecule has 5 heteroatoms. The Bertz CT molecular complexity index is 1130. The number of anilines is 1. The van der Waals surface area contributed by atoms with E-state index >= 15 is 0 Å². The van der Waals surface area contributed by atoms with Crippen molar-refractivity contribution in [3.8, 4) is 5.75 Å². The molecule has 0 spiro atoms. The van der Waals surface area contributed by atoms with Crippen LogP contribution < -0.4 is 10.1 Å². The number of rotatable bonds is 7. The van der Waals surface area contributed by atoms with Gasteiger partial charge in [-0.25, -0.2) is 0 Å². The predicted octanol–water partition coefficient (Wildman–Crippen LogP) is 4.79. The van der Waals surface area contributed by atoms with Crippen LogP contribution in [0, 0.1) is 6.92 Å². The first-order valence-corrected chi connectivity index (χ1v) is 10.3. The van der Waals surface area contributed by atoms with Crippen LogP contribution in [-0.2, 0) is 16.1 Å². The van der Waals surface area contributed by atoms with Crippen LogP contribution in [0.15, 0.2) is 84.6 Å². The fourth-order valence-electron chi connectivity index (χ4n) is 3.56. The zero-order valence-electron chi connectivity index (χ0n) is 17.6. The molecule has 0 aliphatic carbocycles. The van der Waals surface area contributed by atoms with Crippen molar-refractivity contribution in [2.75, 3.05) is 11.9 Å². The highest BCUT2D eigenvalue weighted by Crippen LogP contribution is 2.32. The van der Waals surface area contributed by atoms with Crippen molar-refractivity contribution in [1.29, 1.82) is 0 Å². The van der Waals surface area contributed by atoms with Crippen molar-refractivity contribution < 1.29 is 14.3 Å². The van der Waals surface area contributed by atoms with Crippen LogP contribution in [0.25, 0.3) is 5.57 Å². The second-order valence-corrected chi connectivity index (χ2v) is 7.38. The van der Waals surface area contributed by atoms with E-state index in [0.717, 1.165) is 11.1 Å². The van der Waals surface area contributed by atoms with Crippen LogP contribution >= 0.6 is 0 Å². The molecule has 1 heterocycles. The van der Waals surface area contributed by atoms with Gasteiger partial charge in [-0.15, -0.1) is 0 Å². The van der Waals surface area contributed by atoms with Crippen molar-refractivity contribution in [1.82, 2.24) is 4.90 Å². The number of nitrogens with zero attached hydrogens (tertiary/aromatic N) is 1. The number of ether oxygens (including phenoxy) is 1. The summed E-state index contributed by atoms with van der Waals surface area (Å²) in [6.07, 6.45) is 0. The minimum Gasteiger partial charge on any atom is -0.494 e. The number of hydrogen-bond donors (Lipinski definition) is 1. The van der Waals surface area contributed by atoms with Crippen LogP contribution in [-0.4, -0.2) is 23.3 Å². The molecule has 0 unspecified atom stereocenters. The molecule has 0 radical (unpaired) electrons. The van der Waals surface area contributed by atoms with Gasteiger partial charge < -0.3 is 10.1 Å². The van der Waals surface area contributed by atoms with Gasteiger partial charge in [0.05, 0.1) is 18.7 Å². The quantitative estimate of drug-likeness (QED) is 0.567. The first-order valence-electron chi connectivity index (χ1n) is 10.3. The normalized spacial score (nSPS) is 13.7. The van der Waals surface area contributed by atoms with E-state index in [0.29, 0.717) is 29.2 Å². The van der Waals surface area contributed by atoms with E-state index < -0.39 is 0 Å². The lowest BCUT2D eigenvalue weighted by molar-refractivity contribution is -0.137. The molecule has 156 valence electrons. The molecular weight excluding hydrogens is 388 g/mol. The predicted molar refractivity (Wildman–Crippen MR) is 121 cm³/mol. The monoisotopic (exact) mass is 412 g/mol. The number of imide groups is 1. The molecule has 0 saturated heterocycles. The maximum absolute atomic E-state index is 13.4. The fraction of sp³-hybridized carbons (Fsp3) is 0.154. The third-order valence-electron chi connectivity index (χ3n) is 5.11. The van der Waals surface area contributed by atoms with E-state index in [-0.39, 0.29) is 24.1 Å². The highest BCUT2D eigenvalue weighted by atomic mass is 16.5. The van der Waals surface area contributed by atoms with E-state index in [1.807, 2.05) is 92.7 Å². The number of nitrogens with one attached hydrogen (secondary N) is 1. The minimum absolute atomic E-state index is 0.220. The van der Waals surface area contributed by atoms with Crippen molar-refractivity contribution in [3.05, 3.63) is 101 Å². The van der Waals surface area contributed by atoms with Gasteiger partial charge in [-0.05, 0) is 37.1 Å². The molecule has 0 aromatic heterocycles. The van der Waals surface area contributed by atoms with Crippen molar-refractivity contribution in [3.63, 3.8) is 0 Å². The summed E-state index contributed by atoms with van der Waals surface area (Å²) in [5.41, 5.74) is 4.03. The van der Waals surface area contributed by atoms with E-state index in [9.17, 15) is 9.59 Å². The first kappa shape index (κ1) is 20.4. The summed E-state index contributed by atoms with van der Waals surface area (Å²) < 4.78 is 5.57. The SMILES string of the molecule is CCOc1cccc(NC2=C(c3ccc(C)cc3)C(=O)N(Cc3ccccc3)C2=O)c1. The van der Waals surface area contributed by atoms with Gasteiger partial charge in [0.2, 0.25) is 0 Å². The molecule has 3 aromatic rings. The molecule has 31 heavy (non-hydrogen) atoms. The summed E-state index contributed by atoms with van der Waals surface area (Å²) in [5, 5.41) is 3.19. The molecule has 0 fully saturated rings. The number of carbonyl (C=O) groups excluding carboxylic acids is 2. The molecule has 4 rings (SSSR count). The molecule has 2 amide bonds. The van der Waals surface area contributed by atoms with Gasteiger partial charge in [0, 0.05) is 11.8 Å². The first-order chi connectivity index (χ1) is 15.1. The van der Waals surface area contributed by atoms with Crippen LogP contribution in [0.2, 0.25) is 0 Å². The Labute approximate surface area is 182 Å². The summed E-state index contributed by atoms with van der Waals surface area (Å²) in [6.45, 7) is 4.67. The van der Waals surface area contributed by atoms with Gasteiger partial charge in [-0.1, -0.05) is 66.2 Å². The van der Waals surface area contributed by atoms with Gasteiger partial charge in [-0.3, -0.25) is 14.5 Å². The highest BCUT2D eigenvalue weighted by Gasteiger charge is 2.39. The molecule has 0 bridgehead atoms. The lowest BCUT2D eigenvalue weighted by Gasteiger charge is -2.15. The maximum Gasteiger partial charge on any atom is 0.278 e. The largest absolute Gasteiger partial charge is 0.494 e. The molecule has 0 atom stereocenters. The molecular formula is C26H24N2O3. The van der Waals surface area contributed by atoms with Crippen molar-refractivity contribution in [2.45, 2.75) is 20.4 Å². The average molecular weight is 412 g/mol. The third kappa shape index (κ3) is 4.36. The number of benzene rings is 3. The Morgan fingerprint density at radius 2 is 1.61 bits per heavy atom. The summed E-state index contributed by atoms with van der Waals surface area (Å²) in [4.78, 5) is 28.0. The molecule has 1 aliphatic rings. The lowest BCUT2D eigenvalue weighted by atomic mass is 10.0. The summed E-state index contributed by atoms with van der Waals surface area (Å²) >= 11 is 0. The number of carbonyl (C=O) groups is 2. The van der Waals surface area contributed by atoms with E-state index in [1.54, 1.807) is 0 Å². The summed E-state index contributed by atoms with van der Waals surface area (Å²) in [7, 11) is 0. The molecule has 5 nitrogen and oxygen atoms in total. The van der Waals surface area contributed by atoms with Crippen LogP contribution in [0.5, 0.6) is 5.75 Å². The molecule has 3 aromatic carbocycles. The Kier molecular flexibility index (Phi) is 5.85. The fourth-order valence-corrected chi connectivity index (χ4v) is 3.56. The molecule has 0 saturated carbocycles. The number of amides is 2. The Balaban J connectivity index is 1.72. The topological polar surface area (TPSA) is 58.6 Å². The Morgan fingerprint density at radius 3 is 2.32 bits per heavy atom. The zero-order valence-corrected chi connectivity index (χ0v) is 17.6. The summed E-state index contributed by atoms with van der Waals surface area (Å²) in [6, 6.07) is 24.5. The molecule has 1 aliphatic heterocycles. The Morgan fingerprint density at radius 1 is 0.871 bits per heavy atom. The van der Waals surface area contributed by atoms with Crippen LogP contribution in [0.4, 0.5) is 5.69 Å². The van der Waals surface area contributed by atoms with Gasteiger partial charge in [0.1, 0.15) is 11.4 Å². The van der Waals surface area contributed by atoms with Gasteiger partial charge in [0.25, 0.3) is 11.8 Å². The second kappa shape index (κ2) is 8.88. The van der Waals surface area contributed by atoms with Crippen molar-refractivity contribution in [2.24, 2.45) is 0 Å². The Hall–Kier alpha value is -3.86. The van der Waals surface area contributed by atoms with E-state index in [1.165, 1.54) is 4.90 Å². The van der Waals surface area contributed by atoms with E-state index in [2.05, 4.69) is 5.32 Å². The zero-order chi connectivity index (χ0) is 21.8. The number of aryl methyl sites for hydroxylation is 1. The molecule has 1 N–H and O–H groups in total. The highest BCUT2D eigenvalue weighted by molar-refractivity contribution is 6.36. The second-order valence-electron chi connectivity index (χ2n) is 7.38. The van der Waals surface area contributed by atoms with Gasteiger partial charge >= 0.3 is 0 Å². The van der Waals surface area contributed by atoms with Gasteiger partial charge in [-0.2, -0.15) is 0 Å². The maximum atomic E-state index is 13.4. The smallest absolute Gasteiger partial charge is 0.278 e. The van der Waals surface area contributed by atoms with Gasteiger partial charge in [0.15, 0.2) is 0 Å². The average Bonchev–Trinajstić information content (AvgIpc) is 3.00. The standard InChI is InChI=1S/C26H24N2O3/c1-3-31-22-11-7-10-21(16-22)27-24-23(20-14-12-18(2)13-15-20)25(29)28(26(24)30)17-19-8-5-4-6-9-19/h4-16,27H,3,17H2,1-2H3. The lowest BCUT2D eigenvalue weighted by Crippen LogP contribution is -2.31. The van der Waals surface area contributed by atoms with E-state index in [4.69, 9.17) is 4.74 Å². The number of hydrogen-bond acceptors (Lipinski definition) is 4. The van der Waals surface area contributed by atoms with Crippen LogP contribution in [0.3, 0.4) is 0 Å². The third-order valence-corrected chi connectivity index (χ3v) is 5.11. The minimum atomic E-state index is -0.341. The summed E-state index contributed by atoms with van der Waals surface area (Å²) in [5.74, 6) is 0.0512. The van der Waals surface area contributed by atoms with Crippen molar-refractivity contribution >= 4 is 23.1 Å².